The number of anilines is 2. The molecule has 3 heterocycles. The third-order valence-electron chi connectivity index (χ3n) is 5.81. The maximum absolute atomic E-state index is 13.2. The highest BCUT2D eigenvalue weighted by molar-refractivity contribution is 6.10. The number of benzene rings is 1. The summed E-state index contributed by atoms with van der Waals surface area (Å²) in [4.78, 5) is 20.2. The molecule has 2 aliphatic heterocycles. The molecule has 0 aliphatic carbocycles. The molecular formula is C23H31N5O2. The first-order chi connectivity index (χ1) is 14.2. The molecule has 0 radical (unpaired) electrons. The Hall–Kier alpha value is -2.83. The van der Waals surface area contributed by atoms with Gasteiger partial charge in [0.15, 0.2) is 0 Å². The van der Waals surface area contributed by atoms with Crippen molar-refractivity contribution in [2.75, 3.05) is 23.7 Å². The molecule has 1 unspecified atom stereocenters. The van der Waals surface area contributed by atoms with Gasteiger partial charge in [-0.15, -0.1) is 0 Å². The van der Waals surface area contributed by atoms with Crippen molar-refractivity contribution in [3.05, 3.63) is 41.3 Å². The summed E-state index contributed by atoms with van der Waals surface area (Å²) in [6, 6.07) is 8.16. The maximum atomic E-state index is 13.2. The van der Waals surface area contributed by atoms with Gasteiger partial charge in [-0.3, -0.25) is 9.79 Å². The van der Waals surface area contributed by atoms with E-state index in [2.05, 4.69) is 48.7 Å². The number of hydrogen-bond acceptors (Lipinski definition) is 5. The standard InChI is InChI=1S/C23H31N5O2/c1-15-17(16(2)30-27-15)13-20(29)28-12-8-11-23(14-28)21(26-22(3,4)5)24-18-9-6-7-10-19(18)25-23/h6-7,9-10,25H,8,11-14H2,1-5H3,(H,24,26). The van der Waals surface area contributed by atoms with Gasteiger partial charge in [0.1, 0.15) is 17.1 Å². The number of carbonyl (C=O) groups is 1. The molecule has 2 aliphatic rings. The van der Waals surface area contributed by atoms with Crippen LogP contribution in [0.25, 0.3) is 0 Å². The predicted molar refractivity (Wildman–Crippen MR) is 119 cm³/mol. The van der Waals surface area contributed by atoms with Crippen LogP contribution in [0.15, 0.2) is 33.8 Å². The van der Waals surface area contributed by atoms with Crippen LogP contribution in [0.5, 0.6) is 0 Å². The molecule has 1 spiro atoms. The molecule has 0 bridgehead atoms. The van der Waals surface area contributed by atoms with E-state index in [1.165, 1.54) is 0 Å². The van der Waals surface area contributed by atoms with Crippen LogP contribution < -0.4 is 10.6 Å². The Morgan fingerprint density at radius 1 is 1.27 bits per heavy atom. The van der Waals surface area contributed by atoms with Crippen LogP contribution in [0.4, 0.5) is 11.4 Å². The summed E-state index contributed by atoms with van der Waals surface area (Å²) in [6.45, 7) is 11.4. The zero-order valence-electron chi connectivity index (χ0n) is 18.5. The minimum absolute atomic E-state index is 0.0965. The number of aromatic nitrogens is 1. The summed E-state index contributed by atoms with van der Waals surface area (Å²) in [5.41, 5.74) is 3.09. The van der Waals surface area contributed by atoms with E-state index in [1.807, 2.05) is 30.9 Å². The number of aryl methyl sites for hydroxylation is 2. The van der Waals surface area contributed by atoms with E-state index in [-0.39, 0.29) is 11.4 Å². The summed E-state index contributed by atoms with van der Waals surface area (Å²) in [5, 5.41) is 11.3. The summed E-state index contributed by atoms with van der Waals surface area (Å²) in [5.74, 6) is 1.72. The second kappa shape index (κ2) is 7.45. The van der Waals surface area contributed by atoms with Crippen LogP contribution in [0.2, 0.25) is 0 Å². The second-order valence-electron chi connectivity index (χ2n) is 9.41. The average molecular weight is 410 g/mol. The lowest BCUT2D eigenvalue weighted by Crippen LogP contribution is -2.63. The molecule has 1 amide bonds. The van der Waals surface area contributed by atoms with Crippen molar-refractivity contribution in [1.29, 1.82) is 0 Å². The molecule has 7 heteroatoms. The van der Waals surface area contributed by atoms with Gasteiger partial charge >= 0.3 is 0 Å². The SMILES string of the molecule is Cc1noc(C)c1CC(=O)N1CCCC2(C1)Nc1ccccc1NC2=NC(C)(C)C. The highest BCUT2D eigenvalue weighted by Crippen LogP contribution is 2.37. The molecule has 160 valence electrons. The number of aliphatic imine (C=N–C) groups is 1. The number of rotatable bonds is 2. The van der Waals surface area contributed by atoms with Gasteiger partial charge in [-0.25, -0.2) is 0 Å². The number of carbonyl (C=O) groups excluding carboxylic acids is 1. The molecule has 7 nitrogen and oxygen atoms in total. The van der Waals surface area contributed by atoms with Gasteiger partial charge in [0.25, 0.3) is 0 Å². The van der Waals surface area contributed by atoms with Crippen LogP contribution in [0, 0.1) is 13.8 Å². The molecule has 1 aromatic heterocycles. The number of amides is 1. The Morgan fingerprint density at radius 3 is 2.67 bits per heavy atom. The first kappa shape index (κ1) is 20.4. The average Bonchev–Trinajstić information content (AvgIpc) is 3.00. The first-order valence-corrected chi connectivity index (χ1v) is 10.6. The Kier molecular flexibility index (Phi) is 5.08. The second-order valence-corrected chi connectivity index (χ2v) is 9.41. The molecule has 1 fully saturated rings. The van der Waals surface area contributed by atoms with Crippen molar-refractivity contribution in [1.82, 2.24) is 10.1 Å². The number of nitrogens with zero attached hydrogens (tertiary/aromatic N) is 3. The molecule has 0 saturated carbocycles. The largest absolute Gasteiger partial charge is 0.370 e. The molecule has 1 atom stereocenters. The predicted octanol–water partition coefficient (Wildman–Crippen LogP) is 3.93. The molecule has 2 N–H and O–H groups in total. The van der Waals surface area contributed by atoms with E-state index in [0.717, 1.165) is 47.9 Å². The van der Waals surface area contributed by atoms with E-state index in [0.29, 0.717) is 18.7 Å². The zero-order chi connectivity index (χ0) is 21.5. The number of para-hydroxylation sites is 2. The fourth-order valence-electron chi connectivity index (χ4n) is 4.32. The quantitative estimate of drug-likeness (QED) is 0.785. The monoisotopic (exact) mass is 409 g/mol. The van der Waals surface area contributed by atoms with Crippen molar-refractivity contribution in [2.45, 2.75) is 65.0 Å². The minimum atomic E-state index is -0.422. The zero-order valence-corrected chi connectivity index (χ0v) is 18.5. The lowest BCUT2D eigenvalue weighted by Gasteiger charge is -2.48. The van der Waals surface area contributed by atoms with Gasteiger partial charge in [-0.05, 0) is 59.6 Å². The van der Waals surface area contributed by atoms with Gasteiger partial charge in [0.2, 0.25) is 5.91 Å². The normalized spacial score (nSPS) is 22.6. The third-order valence-corrected chi connectivity index (χ3v) is 5.81. The Labute approximate surface area is 177 Å². The topological polar surface area (TPSA) is 82.8 Å². The lowest BCUT2D eigenvalue weighted by atomic mass is 9.84. The smallest absolute Gasteiger partial charge is 0.227 e. The van der Waals surface area contributed by atoms with E-state index < -0.39 is 5.54 Å². The Bertz CT molecular complexity index is 968. The number of hydrogen-bond donors (Lipinski definition) is 2. The van der Waals surface area contributed by atoms with Crippen LogP contribution in [-0.2, 0) is 11.2 Å². The number of fused-ring (bicyclic) bond motifs is 1. The van der Waals surface area contributed by atoms with Crippen LogP contribution in [0.3, 0.4) is 0 Å². The molecule has 1 saturated heterocycles. The third kappa shape index (κ3) is 3.93. The molecule has 4 rings (SSSR count). The van der Waals surface area contributed by atoms with Crippen LogP contribution in [0.1, 0.15) is 50.6 Å². The Balaban J connectivity index is 1.64. The number of nitrogens with one attached hydrogen (secondary N) is 2. The summed E-state index contributed by atoms with van der Waals surface area (Å²) in [6.07, 6.45) is 2.14. The molecule has 30 heavy (non-hydrogen) atoms. The molecular weight excluding hydrogens is 378 g/mol. The van der Waals surface area contributed by atoms with Crippen LogP contribution >= 0.6 is 0 Å². The van der Waals surface area contributed by atoms with Crippen molar-refractivity contribution in [3.63, 3.8) is 0 Å². The van der Waals surface area contributed by atoms with Crippen molar-refractivity contribution in [3.8, 4) is 0 Å². The van der Waals surface area contributed by atoms with Gasteiger partial charge in [-0.2, -0.15) is 0 Å². The number of likely N-dealkylation sites (tertiary alicyclic amines) is 1. The van der Waals surface area contributed by atoms with E-state index in [9.17, 15) is 4.79 Å². The number of amidine groups is 1. The van der Waals surface area contributed by atoms with Crippen LogP contribution in [-0.4, -0.2) is 46.0 Å². The van der Waals surface area contributed by atoms with Crippen molar-refractivity contribution < 1.29 is 9.32 Å². The Morgan fingerprint density at radius 2 is 2.00 bits per heavy atom. The molecule has 2 aromatic rings. The maximum Gasteiger partial charge on any atom is 0.227 e. The van der Waals surface area contributed by atoms with E-state index in [4.69, 9.17) is 9.52 Å². The van der Waals surface area contributed by atoms with Crippen molar-refractivity contribution in [2.24, 2.45) is 4.99 Å². The van der Waals surface area contributed by atoms with E-state index in [1.54, 1.807) is 0 Å². The highest BCUT2D eigenvalue weighted by Gasteiger charge is 2.45. The van der Waals surface area contributed by atoms with Gasteiger partial charge < -0.3 is 20.1 Å². The summed E-state index contributed by atoms with van der Waals surface area (Å²) < 4.78 is 5.24. The molecule has 1 aromatic carbocycles. The minimum Gasteiger partial charge on any atom is -0.370 e. The fraction of sp³-hybridized carbons (Fsp3) is 0.522. The van der Waals surface area contributed by atoms with Gasteiger partial charge in [-0.1, -0.05) is 17.3 Å². The highest BCUT2D eigenvalue weighted by atomic mass is 16.5. The fourth-order valence-corrected chi connectivity index (χ4v) is 4.32. The summed E-state index contributed by atoms with van der Waals surface area (Å²) >= 11 is 0. The summed E-state index contributed by atoms with van der Waals surface area (Å²) in [7, 11) is 0. The van der Waals surface area contributed by atoms with Gasteiger partial charge in [0, 0.05) is 12.1 Å². The lowest BCUT2D eigenvalue weighted by molar-refractivity contribution is -0.131. The number of piperidine rings is 1. The van der Waals surface area contributed by atoms with Gasteiger partial charge in [0.05, 0.1) is 35.6 Å². The van der Waals surface area contributed by atoms with Crippen molar-refractivity contribution >= 4 is 23.1 Å². The first-order valence-electron chi connectivity index (χ1n) is 10.6. The van der Waals surface area contributed by atoms with E-state index >= 15 is 0 Å².